The van der Waals surface area contributed by atoms with E-state index in [9.17, 15) is 24.9 Å². The van der Waals surface area contributed by atoms with E-state index in [0.29, 0.717) is 37.2 Å². The lowest BCUT2D eigenvalue weighted by atomic mass is 9.36. The third kappa shape index (κ3) is 4.40. The lowest BCUT2D eigenvalue weighted by Gasteiger charge is -2.69. The molecule has 6 nitrogen and oxygen atoms in total. The smallest absolute Gasteiger partial charge is 0.331 e. The molecule has 4 aliphatic carbocycles. The van der Waals surface area contributed by atoms with Crippen LogP contribution < -0.4 is 0 Å². The van der Waals surface area contributed by atoms with Crippen LogP contribution in [0.25, 0.3) is 0 Å². The van der Waals surface area contributed by atoms with Crippen molar-refractivity contribution in [1.82, 2.24) is 0 Å². The Morgan fingerprint density at radius 2 is 1.70 bits per heavy atom. The van der Waals surface area contributed by atoms with Gasteiger partial charge in [-0.15, -0.1) is 0 Å². The average molecular weight is 517 g/mol. The van der Waals surface area contributed by atoms with Crippen molar-refractivity contribution in [2.24, 2.45) is 39.9 Å². The van der Waals surface area contributed by atoms with Crippen molar-refractivity contribution in [3.8, 4) is 0 Å². The lowest BCUT2D eigenvalue weighted by molar-refractivity contribution is -0.234. The highest BCUT2D eigenvalue weighted by Crippen LogP contribution is 2.74. The molecule has 0 unspecified atom stereocenters. The molecule has 4 fully saturated rings. The first-order valence-corrected chi connectivity index (χ1v) is 14.3. The second-order valence-electron chi connectivity index (χ2n) is 13.6. The maximum atomic E-state index is 12.6. The molecule has 4 aliphatic rings. The number of carboxylic acid groups (broad SMARTS) is 1. The van der Waals surface area contributed by atoms with Crippen LogP contribution in [-0.2, 0) is 14.3 Å². The summed E-state index contributed by atoms with van der Waals surface area (Å²) < 4.78 is 5.87. The molecule has 208 valence electrons. The molecule has 0 aromatic rings. The Balaban J connectivity index is 1.82. The van der Waals surface area contributed by atoms with E-state index < -0.39 is 24.1 Å². The van der Waals surface area contributed by atoms with Gasteiger partial charge in [0.15, 0.2) is 0 Å². The number of rotatable bonds is 5. The Bertz CT molecular complexity index is 994. The van der Waals surface area contributed by atoms with E-state index >= 15 is 0 Å². The predicted molar refractivity (Wildman–Crippen MR) is 143 cm³/mol. The Morgan fingerprint density at radius 3 is 2.30 bits per heavy atom. The largest absolute Gasteiger partial charge is 0.478 e. The summed E-state index contributed by atoms with van der Waals surface area (Å²) >= 11 is 0. The molecular formula is C31H48O6. The van der Waals surface area contributed by atoms with Gasteiger partial charge >= 0.3 is 11.9 Å². The molecular weight excluding hydrogens is 468 g/mol. The molecule has 0 aliphatic heterocycles. The molecule has 0 radical (unpaired) electrons. The Labute approximate surface area is 222 Å². The van der Waals surface area contributed by atoms with Gasteiger partial charge in [0.2, 0.25) is 0 Å². The summed E-state index contributed by atoms with van der Waals surface area (Å²) in [5.41, 5.74) is 1.57. The molecule has 37 heavy (non-hydrogen) atoms. The van der Waals surface area contributed by atoms with Crippen molar-refractivity contribution in [1.29, 1.82) is 0 Å². The number of hydrogen-bond acceptors (Lipinski definition) is 5. The number of hydrogen-bond donors (Lipinski definition) is 3. The molecule has 0 bridgehead atoms. The van der Waals surface area contributed by atoms with Gasteiger partial charge in [0.05, 0.1) is 12.2 Å². The molecule has 3 N–H and O–H groups in total. The first-order chi connectivity index (χ1) is 17.2. The van der Waals surface area contributed by atoms with Crippen molar-refractivity contribution < 1.29 is 29.6 Å². The number of carboxylic acids is 1. The highest BCUT2D eigenvalue weighted by molar-refractivity contribution is 5.88. The number of aliphatic carboxylic acids is 1. The van der Waals surface area contributed by atoms with Crippen LogP contribution in [0.4, 0.5) is 0 Å². The Kier molecular flexibility index (Phi) is 7.53. The quantitative estimate of drug-likeness (QED) is 0.247. The molecule has 4 saturated carbocycles. The van der Waals surface area contributed by atoms with Gasteiger partial charge in [0.1, 0.15) is 6.10 Å². The normalized spacial score (nSPS) is 46.2. The fourth-order valence-corrected chi connectivity index (χ4v) is 9.79. The second-order valence-corrected chi connectivity index (χ2v) is 13.6. The van der Waals surface area contributed by atoms with E-state index in [2.05, 4.69) is 27.7 Å². The maximum Gasteiger partial charge on any atom is 0.331 e. The predicted octanol–water partition coefficient (Wildman–Crippen LogP) is 5.67. The molecule has 4 rings (SSSR count). The van der Waals surface area contributed by atoms with Crippen LogP contribution in [0.1, 0.15) is 99.8 Å². The second kappa shape index (κ2) is 9.82. The van der Waals surface area contributed by atoms with Crippen molar-refractivity contribution in [2.45, 2.75) is 118 Å². The SMILES string of the molecule is CC(=O)O[C@H]1C[C@@]2(C)[C@@H](C[C@@H](O)[C@H]3[C@@]4(C)CC[C@H](O)[C@@H](C)[C@@H]4CC[C@@]32C)/C1=C(/CCC=C(C)C)C(=O)O. The van der Waals surface area contributed by atoms with Gasteiger partial charge < -0.3 is 20.1 Å². The zero-order valence-corrected chi connectivity index (χ0v) is 23.8. The summed E-state index contributed by atoms with van der Waals surface area (Å²) in [4.78, 5) is 24.8. The average Bonchev–Trinajstić information content (AvgIpc) is 3.05. The van der Waals surface area contributed by atoms with Crippen LogP contribution in [0, 0.1) is 39.9 Å². The fourth-order valence-electron chi connectivity index (χ4n) is 9.79. The summed E-state index contributed by atoms with van der Waals surface area (Å²) in [5, 5.41) is 32.9. The lowest BCUT2D eigenvalue weighted by Crippen LogP contribution is -2.65. The molecule has 0 amide bonds. The summed E-state index contributed by atoms with van der Waals surface area (Å²) in [6.07, 6.45) is 6.22. The van der Waals surface area contributed by atoms with Gasteiger partial charge in [-0.1, -0.05) is 39.3 Å². The topological polar surface area (TPSA) is 104 Å². The minimum absolute atomic E-state index is 0.0474. The van der Waals surface area contributed by atoms with Gasteiger partial charge in [-0.05, 0) is 111 Å². The van der Waals surface area contributed by atoms with Crippen LogP contribution in [-0.4, -0.2) is 45.6 Å². The Morgan fingerprint density at radius 1 is 1.03 bits per heavy atom. The first kappa shape index (κ1) is 28.4. The number of allylic oxidation sites excluding steroid dienone is 2. The third-order valence-electron chi connectivity index (χ3n) is 11.6. The number of aliphatic hydroxyl groups is 2. The number of ether oxygens (including phenoxy) is 1. The van der Waals surface area contributed by atoms with Crippen LogP contribution in [0.2, 0.25) is 0 Å². The van der Waals surface area contributed by atoms with E-state index in [4.69, 9.17) is 4.74 Å². The highest BCUT2D eigenvalue weighted by atomic mass is 16.5. The van der Waals surface area contributed by atoms with Gasteiger partial charge in [-0.2, -0.15) is 0 Å². The maximum absolute atomic E-state index is 12.6. The Hall–Kier alpha value is -1.66. The van der Waals surface area contributed by atoms with E-state index in [1.165, 1.54) is 6.92 Å². The number of esters is 1. The molecule has 0 heterocycles. The van der Waals surface area contributed by atoms with Gasteiger partial charge in [-0.3, -0.25) is 4.79 Å². The minimum Gasteiger partial charge on any atom is -0.478 e. The van der Waals surface area contributed by atoms with Gasteiger partial charge in [0.25, 0.3) is 0 Å². The first-order valence-electron chi connectivity index (χ1n) is 14.3. The number of carbonyl (C=O) groups is 2. The van der Waals surface area contributed by atoms with Crippen LogP contribution >= 0.6 is 0 Å². The van der Waals surface area contributed by atoms with Crippen molar-refractivity contribution in [3.05, 3.63) is 22.8 Å². The molecule has 0 saturated heterocycles. The summed E-state index contributed by atoms with van der Waals surface area (Å²) in [6, 6.07) is 0. The van der Waals surface area contributed by atoms with Crippen LogP contribution in [0.3, 0.4) is 0 Å². The summed E-state index contributed by atoms with van der Waals surface area (Å²) in [7, 11) is 0. The van der Waals surface area contributed by atoms with E-state index in [1.807, 2.05) is 19.9 Å². The van der Waals surface area contributed by atoms with Gasteiger partial charge in [-0.25, -0.2) is 4.79 Å². The number of aliphatic hydroxyl groups excluding tert-OH is 2. The molecule has 0 aromatic heterocycles. The zero-order chi connectivity index (χ0) is 27.5. The molecule has 0 spiro atoms. The van der Waals surface area contributed by atoms with Crippen LogP contribution in [0.15, 0.2) is 22.8 Å². The summed E-state index contributed by atoms with van der Waals surface area (Å²) in [5.74, 6) is -0.909. The molecule has 10 atom stereocenters. The fraction of sp³-hybridized carbons (Fsp3) is 0.806. The van der Waals surface area contributed by atoms with Gasteiger partial charge in [0, 0.05) is 12.5 Å². The van der Waals surface area contributed by atoms with E-state index in [-0.39, 0.29) is 40.1 Å². The third-order valence-corrected chi connectivity index (χ3v) is 11.6. The van der Waals surface area contributed by atoms with Crippen molar-refractivity contribution >= 4 is 11.9 Å². The van der Waals surface area contributed by atoms with Crippen molar-refractivity contribution in [3.63, 3.8) is 0 Å². The highest BCUT2D eigenvalue weighted by Gasteiger charge is 2.70. The molecule has 6 heteroatoms. The zero-order valence-electron chi connectivity index (χ0n) is 23.8. The van der Waals surface area contributed by atoms with Crippen LogP contribution in [0.5, 0.6) is 0 Å². The monoisotopic (exact) mass is 516 g/mol. The number of fused-ring (bicyclic) bond motifs is 5. The standard InChI is InChI=1S/C31H48O6/c1-17(2)9-8-10-20(28(35)36)26-22-15-24(34)27-29(5)13-12-23(33)18(3)21(29)11-14-30(27,6)31(22,7)16-25(26)37-19(4)32/h9,18,21-25,27,33-34H,8,10-16H2,1-7H3,(H,35,36)/b26-20+/t18-,21-,22-,23-,24+,25-,27-,29-,30-,31-/m0/s1. The summed E-state index contributed by atoms with van der Waals surface area (Å²) in [6.45, 7) is 14.5. The number of carbonyl (C=O) groups excluding carboxylic acids is 1. The molecule has 0 aromatic carbocycles. The van der Waals surface area contributed by atoms with E-state index in [0.717, 1.165) is 36.8 Å². The van der Waals surface area contributed by atoms with Crippen molar-refractivity contribution in [2.75, 3.05) is 0 Å². The van der Waals surface area contributed by atoms with E-state index in [1.54, 1.807) is 0 Å². The minimum atomic E-state index is -0.953.